The smallest absolute Gasteiger partial charge is 0.257 e. The van der Waals surface area contributed by atoms with Gasteiger partial charge in [-0.1, -0.05) is 5.16 Å². The molecule has 1 saturated heterocycles. The number of amides is 1. The van der Waals surface area contributed by atoms with Crippen LogP contribution in [0.1, 0.15) is 28.2 Å². The van der Waals surface area contributed by atoms with Gasteiger partial charge in [-0.2, -0.15) is 10.2 Å². The highest BCUT2D eigenvalue weighted by Gasteiger charge is 2.28. The molecule has 28 heavy (non-hydrogen) atoms. The van der Waals surface area contributed by atoms with Crippen molar-refractivity contribution >= 4 is 5.91 Å². The summed E-state index contributed by atoms with van der Waals surface area (Å²) in [4.78, 5) is 18.8. The number of likely N-dealkylation sites (tertiary alicyclic amines) is 1. The maximum Gasteiger partial charge on any atom is 0.257 e. The molecular weight excluding hydrogens is 359 g/mol. The molecule has 1 aromatic heterocycles. The Labute approximate surface area is 161 Å². The van der Waals surface area contributed by atoms with E-state index in [0.29, 0.717) is 47.9 Å². The second-order valence-corrected chi connectivity index (χ2v) is 6.82. The first-order valence-corrected chi connectivity index (χ1v) is 9.00. The monoisotopic (exact) mass is 376 g/mol. The fraction of sp³-hybridized carbons (Fsp3) is 0.238. The largest absolute Gasteiger partial charge is 0.338 e. The van der Waals surface area contributed by atoms with Crippen LogP contribution in [0.5, 0.6) is 0 Å². The zero-order valence-corrected chi connectivity index (χ0v) is 15.0. The Bertz CT molecular complexity index is 1020. The number of hydrogen-bond acceptors (Lipinski definition) is 5. The number of hydrogen-bond donors (Lipinski definition) is 0. The third-order valence-electron chi connectivity index (χ3n) is 4.86. The number of halogens is 1. The Morgan fingerprint density at radius 1 is 1.21 bits per heavy atom. The van der Waals surface area contributed by atoms with Gasteiger partial charge in [0.1, 0.15) is 5.82 Å². The van der Waals surface area contributed by atoms with Crippen molar-refractivity contribution in [2.75, 3.05) is 13.1 Å². The summed E-state index contributed by atoms with van der Waals surface area (Å²) >= 11 is 0. The van der Waals surface area contributed by atoms with E-state index in [4.69, 9.17) is 9.78 Å². The lowest BCUT2D eigenvalue weighted by Gasteiger charge is -2.16. The van der Waals surface area contributed by atoms with Crippen LogP contribution in [0.25, 0.3) is 11.5 Å². The van der Waals surface area contributed by atoms with Gasteiger partial charge < -0.3 is 9.42 Å². The van der Waals surface area contributed by atoms with Gasteiger partial charge in [-0.25, -0.2) is 4.39 Å². The molecule has 1 fully saturated rings. The van der Waals surface area contributed by atoms with Crippen LogP contribution in [-0.4, -0.2) is 34.0 Å². The van der Waals surface area contributed by atoms with Crippen molar-refractivity contribution in [1.29, 1.82) is 5.26 Å². The zero-order chi connectivity index (χ0) is 19.5. The maximum absolute atomic E-state index is 13.0. The molecule has 1 unspecified atom stereocenters. The summed E-state index contributed by atoms with van der Waals surface area (Å²) in [7, 11) is 0. The molecule has 4 rings (SSSR count). The number of carbonyl (C=O) groups excluding carboxylic acids is 1. The van der Waals surface area contributed by atoms with Crippen molar-refractivity contribution in [3.8, 4) is 17.5 Å². The van der Waals surface area contributed by atoms with Gasteiger partial charge in [0.25, 0.3) is 11.8 Å². The molecule has 0 spiro atoms. The van der Waals surface area contributed by atoms with Gasteiger partial charge in [-0.05, 0) is 60.9 Å². The quantitative estimate of drug-likeness (QED) is 0.696. The van der Waals surface area contributed by atoms with E-state index in [1.165, 1.54) is 12.1 Å². The van der Waals surface area contributed by atoms with Crippen molar-refractivity contribution in [3.63, 3.8) is 0 Å². The van der Waals surface area contributed by atoms with Crippen LogP contribution in [0.2, 0.25) is 0 Å². The van der Waals surface area contributed by atoms with Gasteiger partial charge in [-0.3, -0.25) is 4.79 Å². The third kappa shape index (κ3) is 3.76. The predicted molar refractivity (Wildman–Crippen MR) is 98.6 cm³/mol. The second-order valence-electron chi connectivity index (χ2n) is 6.82. The molecule has 7 heteroatoms. The molecule has 1 aliphatic heterocycles. The van der Waals surface area contributed by atoms with Gasteiger partial charge >= 0.3 is 0 Å². The van der Waals surface area contributed by atoms with E-state index in [9.17, 15) is 9.18 Å². The Morgan fingerprint density at radius 2 is 1.96 bits per heavy atom. The lowest BCUT2D eigenvalue weighted by Crippen LogP contribution is -2.29. The first kappa shape index (κ1) is 17.9. The van der Waals surface area contributed by atoms with E-state index >= 15 is 0 Å². The fourth-order valence-electron chi connectivity index (χ4n) is 3.36. The van der Waals surface area contributed by atoms with Crippen molar-refractivity contribution < 1.29 is 13.7 Å². The van der Waals surface area contributed by atoms with Gasteiger partial charge in [0, 0.05) is 30.6 Å². The normalized spacial score (nSPS) is 16.1. The SMILES string of the molecule is N#Cc1ccc(C(=O)N2CCC(Cc3noc(-c4ccc(F)cc4)n3)C2)cc1. The molecule has 1 amide bonds. The van der Waals surface area contributed by atoms with Crippen molar-refractivity contribution in [3.05, 3.63) is 71.3 Å². The minimum Gasteiger partial charge on any atom is -0.338 e. The van der Waals surface area contributed by atoms with E-state index in [1.54, 1.807) is 36.4 Å². The number of rotatable bonds is 4. The minimum atomic E-state index is -0.318. The number of nitrogens with zero attached hydrogens (tertiary/aromatic N) is 4. The summed E-state index contributed by atoms with van der Waals surface area (Å²) in [6.07, 6.45) is 1.48. The topological polar surface area (TPSA) is 83.0 Å². The molecule has 1 atom stereocenters. The highest BCUT2D eigenvalue weighted by atomic mass is 19.1. The van der Waals surface area contributed by atoms with E-state index in [0.717, 1.165) is 6.42 Å². The Hall–Kier alpha value is -3.53. The van der Waals surface area contributed by atoms with Crippen LogP contribution in [0.4, 0.5) is 4.39 Å². The number of benzene rings is 2. The molecule has 1 aliphatic rings. The summed E-state index contributed by atoms with van der Waals surface area (Å²) in [5, 5.41) is 12.9. The highest BCUT2D eigenvalue weighted by molar-refractivity contribution is 5.94. The lowest BCUT2D eigenvalue weighted by molar-refractivity contribution is 0.0787. The standard InChI is InChI=1S/C21H17FN4O2/c22-18-7-5-16(6-8-18)20-24-19(25-28-20)11-15-9-10-26(13-15)21(27)17-3-1-14(12-23)2-4-17/h1-8,15H,9-11,13H2. The first-order chi connectivity index (χ1) is 13.6. The van der Waals surface area contributed by atoms with Crippen LogP contribution in [-0.2, 0) is 6.42 Å². The summed E-state index contributed by atoms with van der Waals surface area (Å²) in [5.41, 5.74) is 1.78. The minimum absolute atomic E-state index is 0.0351. The van der Waals surface area contributed by atoms with Crippen molar-refractivity contribution in [1.82, 2.24) is 15.0 Å². The van der Waals surface area contributed by atoms with Gasteiger partial charge in [0.2, 0.25) is 0 Å². The van der Waals surface area contributed by atoms with E-state index in [2.05, 4.69) is 10.1 Å². The van der Waals surface area contributed by atoms with Gasteiger partial charge in [0.05, 0.1) is 11.6 Å². The molecule has 0 saturated carbocycles. The average Bonchev–Trinajstić information content (AvgIpc) is 3.38. The van der Waals surface area contributed by atoms with Crippen LogP contribution < -0.4 is 0 Å². The maximum atomic E-state index is 13.0. The van der Waals surface area contributed by atoms with Gasteiger partial charge in [0.15, 0.2) is 5.82 Å². The fourth-order valence-corrected chi connectivity index (χ4v) is 3.36. The first-order valence-electron chi connectivity index (χ1n) is 9.00. The molecule has 140 valence electrons. The molecule has 2 aromatic carbocycles. The van der Waals surface area contributed by atoms with E-state index in [-0.39, 0.29) is 17.6 Å². The predicted octanol–water partition coefficient (Wildman–Crippen LogP) is 3.45. The molecule has 2 heterocycles. The summed E-state index contributed by atoms with van der Waals surface area (Å²) in [6.45, 7) is 1.30. The number of nitriles is 1. The Balaban J connectivity index is 1.37. The van der Waals surface area contributed by atoms with Crippen LogP contribution in [0, 0.1) is 23.1 Å². The molecule has 0 bridgehead atoms. The Kier molecular flexibility index (Phi) is 4.85. The number of aromatic nitrogens is 2. The van der Waals surface area contributed by atoms with Crippen molar-refractivity contribution in [2.45, 2.75) is 12.8 Å². The summed E-state index contributed by atoms with van der Waals surface area (Å²) in [6, 6.07) is 14.6. The van der Waals surface area contributed by atoms with Gasteiger partial charge in [-0.15, -0.1) is 0 Å². The molecule has 6 nitrogen and oxygen atoms in total. The van der Waals surface area contributed by atoms with E-state index < -0.39 is 0 Å². The highest BCUT2D eigenvalue weighted by Crippen LogP contribution is 2.23. The average molecular weight is 376 g/mol. The molecule has 0 radical (unpaired) electrons. The summed E-state index contributed by atoms with van der Waals surface area (Å²) < 4.78 is 18.3. The Morgan fingerprint density at radius 3 is 2.68 bits per heavy atom. The molecule has 3 aromatic rings. The molecule has 0 N–H and O–H groups in total. The summed E-state index contributed by atoms with van der Waals surface area (Å²) in [5.74, 6) is 0.838. The molecular formula is C21H17FN4O2. The third-order valence-corrected chi connectivity index (χ3v) is 4.86. The lowest BCUT2D eigenvalue weighted by atomic mass is 10.0. The van der Waals surface area contributed by atoms with E-state index in [1.807, 2.05) is 11.0 Å². The van der Waals surface area contributed by atoms with Crippen LogP contribution >= 0.6 is 0 Å². The second kappa shape index (κ2) is 7.61. The number of carbonyl (C=O) groups is 1. The zero-order valence-electron chi connectivity index (χ0n) is 15.0. The van der Waals surface area contributed by atoms with Crippen LogP contribution in [0.15, 0.2) is 53.1 Å². The van der Waals surface area contributed by atoms with Crippen molar-refractivity contribution in [2.24, 2.45) is 5.92 Å². The molecule has 0 aliphatic carbocycles. The van der Waals surface area contributed by atoms with Crippen LogP contribution in [0.3, 0.4) is 0 Å².